The van der Waals surface area contributed by atoms with E-state index < -0.39 is 0 Å². The fraction of sp³-hybridized carbons (Fsp3) is 1.00. The fourth-order valence-corrected chi connectivity index (χ4v) is 28.1. The van der Waals surface area contributed by atoms with Crippen LogP contribution < -0.4 is 5.32 Å². The molecule has 1 nitrogen and oxygen atoms in total. The molecule has 0 bridgehead atoms. The Morgan fingerprint density at radius 1 is 0.139 bits per heavy atom. The first-order valence-electron chi connectivity index (χ1n) is 67.4. The van der Waals surface area contributed by atoms with Gasteiger partial charge in [0, 0.05) is 11.1 Å². The van der Waals surface area contributed by atoms with Gasteiger partial charge < -0.3 is 5.32 Å². The van der Waals surface area contributed by atoms with Gasteiger partial charge in [0.15, 0.2) is 0 Å². The summed E-state index contributed by atoms with van der Waals surface area (Å²) in [4.78, 5) is 0. The van der Waals surface area contributed by atoms with Crippen LogP contribution >= 0.6 is 0 Å². The van der Waals surface area contributed by atoms with Gasteiger partial charge in [-0.15, -0.1) is 0 Å². The van der Waals surface area contributed by atoms with Crippen molar-refractivity contribution in [1.82, 2.24) is 5.32 Å². The number of nitrogens with one attached hydrogen (secondary N) is 1. The fourth-order valence-electron chi connectivity index (χ4n) is 28.1. The van der Waals surface area contributed by atoms with E-state index in [4.69, 9.17) is 5.32 Å². The van der Waals surface area contributed by atoms with Gasteiger partial charge in [-0.3, -0.25) is 0 Å². The Kier molecular flexibility index (Phi) is 100. The maximum absolute atomic E-state index is 6.09. The molecule has 1 N–H and O–H groups in total. The summed E-state index contributed by atoms with van der Waals surface area (Å²) >= 11 is 0. The summed E-state index contributed by atoms with van der Waals surface area (Å²) < 4.78 is 0. The van der Waals surface area contributed by atoms with Crippen molar-refractivity contribution >= 4 is 0 Å². The van der Waals surface area contributed by atoms with Crippen molar-refractivity contribution in [3.63, 3.8) is 0 Å². The molecule has 8 atom stereocenters. The van der Waals surface area contributed by atoms with Gasteiger partial charge >= 0.3 is 0 Å². The molecule has 0 aliphatic heterocycles. The highest BCUT2D eigenvalue weighted by Gasteiger charge is 2.52. The molecule has 0 amide bonds. The van der Waals surface area contributed by atoms with Gasteiger partial charge in [0.2, 0.25) is 0 Å². The first-order valence-corrected chi connectivity index (χ1v) is 67.4. The molecule has 820 valence electrons. The summed E-state index contributed by atoms with van der Waals surface area (Å²) in [5.41, 5.74) is 0.363. The maximum Gasteiger partial charge on any atom is 0.0220 e. The second-order valence-electron chi connectivity index (χ2n) is 50.0. The molecule has 8 unspecified atom stereocenters. The lowest BCUT2D eigenvalue weighted by Gasteiger charge is -2.56. The first kappa shape index (κ1) is 133. The van der Waals surface area contributed by atoms with Crippen molar-refractivity contribution in [2.24, 2.45) is 59.2 Å². The monoisotopic (exact) mass is 1920 g/mol. The molecule has 0 aromatic carbocycles. The van der Waals surface area contributed by atoms with Crippen LogP contribution in [0.15, 0.2) is 0 Å². The molecule has 137 heavy (non-hydrogen) atoms. The van der Waals surface area contributed by atoms with Crippen LogP contribution in [0.2, 0.25) is 0 Å². The minimum Gasteiger partial charge on any atom is -0.305 e. The minimum absolute atomic E-state index is 0.181. The van der Waals surface area contributed by atoms with Gasteiger partial charge in [-0.05, 0) is 136 Å². The van der Waals surface area contributed by atoms with E-state index in [0.717, 1.165) is 59.2 Å². The molecule has 0 aromatic heterocycles. The summed E-state index contributed by atoms with van der Waals surface area (Å²) in [7, 11) is 0. The Labute approximate surface area is 872 Å². The van der Waals surface area contributed by atoms with Gasteiger partial charge in [0.25, 0.3) is 0 Å². The van der Waals surface area contributed by atoms with Gasteiger partial charge in [-0.25, -0.2) is 0 Å². The zero-order chi connectivity index (χ0) is 98.7. The molecule has 0 saturated heterocycles. The third kappa shape index (κ3) is 78.8. The van der Waals surface area contributed by atoms with Gasteiger partial charge in [-0.1, -0.05) is 725 Å². The highest BCUT2D eigenvalue weighted by Crippen LogP contribution is 2.54. The summed E-state index contributed by atoms with van der Waals surface area (Å²) in [6.45, 7) is 29.4. The topological polar surface area (TPSA) is 12.0 Å². The molecule has 0 spiro atoms. The zero-order valence-electron chi connectivity index (χ0n) is 98.5. The van der Waals surface area contributed by atoms with Crippen molar-refractivity contribution in [2.45, 2.75) is 813 Å². The molecule has 2 aliphatic carbocycles. The maximum atomic E-state index is 6.09. The molecular formula is C136H271N. The highest BCUT2D eigenvalue weighted by molar-refractivity contribution is 5.10. The van der Waals surface area contributed by atoms with E-state index in [-0.39, 0.29) is 11.1 Å². The van der Waals surface area contributed by atoms with E-state index in [1.54, 1.807) is 38.5 Å². The van der Waals surface area contributed by atoms with Gasteiger partial charge in [0.05, 0.1) is 0 Å². The van der Waals surface area contributed by atoms with E-state index in [9.17, 15) is 0 Å². The summed E-state index contributed by atoms with van der Waals surface area (Å²) in [5, 5.41) is 6.09. The summed E-state index contributed by atoms with van der Waals surface area (Å²) in [5.74, 6) is 8.57. The van der Waals surface area contributed by atoms with E-state index in [1.165, 1.54) is 681 Å². The Morgan fingerprint density at radius 3 is 0.380 bits per heavy atom. The van der Waals surface area contributed by atoms with Crippen LogP contribution in [0.1, 0.15) is 802 Å². The van der Waals surface area contributed by atoms with Crippen LogP contribution in [-0.4, -0.2) is 11.1 Å². The standard InChI is InChI=1S/C136H271N/c1-13-25-37-49-61-67-79-89-105-125(101-85-73-55-43-31-19-7)117-131(118-126(102-86-74-56-44-32-20-8)106-90-80-68-62-50-38-26-14-2)123-135(133-113-97-98-114-133,121-129(109-93-77-59-47-35-23-11)111-95-83-71-65-53-41-29-17-5)137-136(134-115-99-100-116-134,122-130(110-94-78-60-48-36-24-12)112-96-84-72-66-54-42-30-18-6)124-132(119-127(103-87-75-57-45-33-21-9)107-91-81-69-63-51-39-27-15-3)120-128(104-88-76-58-46-34-22-10)108-92-82-70-64-52-40-28-16-4/h125-134,137H,13-124H2,1-12H3. The molecule has 0 aromatic rings. The average molecular weight is 1920 g/mol. The van der Waals surface area contributed by atoms with Crippen molar-refractivity contribution in [1.29, 1.82) is 0 Å². The second-order valence-corrected chi connectivity index (χ2v) is 50.0. The van der Waals surface area contributed by atoms with E-state index in [2.05, 4.69) is 83.1 Å². The van der Waals surface area contributed by atoms with Crippen LogP contribution in [0.3, 0.4) is 0 Å². The Balaban J connectivity index is 3.74. The third-order valence-electron chi connectivity index (χ3n) is 36.6. The Morgan fingerprint density at radius 2 is 0.248 bits per heavy atom. The molecule has 2 fully saturated rings. The van der Waals surface area contributed by atoms with Crippen LogP contribution in [-0.2, 0) is 0 Å². The lowest BCUT2D eigenvalue weighted by atomic mass is 9.61. The zero-order valence-corrected chi connectivity index (χ0v) is 98.5. The molecule has 1 heteroatoms. The number of hydrogen-bond acceptors (Lipinski definition) is 1. The van der Waals surface area contributed by atoms with Crippen LogP contribution in [0, 0.1) is 59.2 Å². The first-order chi connectivity index (χ1) is 67.6. The van der Waals surface area contributed by atoms with E-state index in [0.29, 0.717) is 0 Å². The molecule has 2 rings (SSSR count). The molecule has 0 heterocycles. The van der Waals surface area contributed by atoms with Crippen molar-refractivity contribution in [2.75, 3.05) is 0 Å². The minimum atomic E-state index is 0.181. The summed E-state index contributed by atoms with van der Waals surface area (Å²) in [6.07, 6.45) is 166. The second kappa shape index (κ2) is 103. The lowest BCUT2D eigenvalue weighted by molar-refractivity contribution is 0.0113. The van der Waals surface area contributed by atoms with Crippen molar-refractivity contribution in [3.8, 4) is 0 Å². The van der Waals surface area contributed by atoms with Crippen molar-refractivity contribution in [3.05, 3.63) is 0 Å². The number of rotatable bonds is 116. The average Bonchev–Trinajstić information content (AvgIpc) is 1.74. The number of unbranched alkanes of at least 4 members (excludes halogenated alkanes) is 72. The SMILES string of the molecule is CCCCCCCCCCC(CCCCCCCC)CC(CC(CCCCCCCC)CCCCCCCCCC)CC(CC(CCCCCCCC)CCCCCCCCCC)(NC(CC(CCCCCCCC)CCCCCCCCCC)(CC(CC(CCCCCCCC)CCCCCCCCCC)CC(CCCCCCCC)CCCCCCCCCC)C1CCCC1)C1CCCC1. The largest absolute Gasteiger partial charge is 0.305 e. The predicted octanol–water partition coefficient (Wildman–Crippen LogP) is 50.2. The third-order valence-corrected chi connectivity index (χ3v) is 36.6. The van der Waals surface area contributed by atoms with E-state index in [1.807, 2.05) is 0 Å². The molecule has 2 saturated carbocycles. The van der Waals surface area contributed by atoms with Crippen LogP contribution in [0.25, 0.3) is 0 Å². The van der Waals surface area contributed by atoms with Gasteiger partial charge in [-0.2, -0.15) is 0 Å². The van der Waals surface area contributed by atoms with Crippen molar-refractivity contribution < 1.29 is 0 Å². The Hall–Kier alpha value is -0.0400. The highest BCUT2D eigenvalue weighted by atomic mass is 15.1. The van der Waals surface area contributed by atoms with Crippen LogP contribution in [0.5, 0.6) is 0 Å². The normalized spacial score (nSPS) is 16.2. The molecule has 2 aliphatic rings. The number of hydrogen-bond donors (Lipinski definition) is 1. The van der Waals surface area contributed by atoms with Crippen LogP contribution in [0.4, 0.5) is 0 Å². The lowest BCUT2D eigenvalue weighted by Crippen LogP contribution is -2.66. The quantitative estimate of drug-likeness (QED) is 0.0599. The molecular weight excluding hydrogens is 1650 g/mol. The summed E-state index contributed by atoms with van der Waals surface area (Å²) in [6, 6.07) is 0. The van der Waals surface area contributed by atoms with Gasteiger partial charge in [0.1, 0.15) is 0 Å². The smallest absolute Gasteiger partial charge is 0.0220 e. The predicted molar refractivity (Wildman–Crippen MR) is 629 cm³/mol. The molecule has 0 radical (unpaired) electrons. The Bertz CT molecular complexity index is 2010. The van der Waals surface area contributed by atoms with E-state index >= 15 is 0 Å².